The molecule has 0 aromatic rings. The van der Waals surface area contributed by atoms with E-state index in [1.54, 1.807) is 0 Å². The van der Waals surface area contributed by atoms with Gasteiger partial charge in [-0.15, -0.1) is 0 Å². The maximum absolute atomic E-state index is 12.0. The molecule has 0 spiro atoms. The van der Waals surface area contributed by atoms with Gasteiger partial charge in [0.2, 0.25) is 11.8 Å². The molecule has 0 radical (unpaired) electrons. The molecule has 0 fully saturated rings. The van der Waals surface area contributed by atoms with E-state index in [1.165, 1.54) is 0 Å². The van der Waals surface area contributed by atoms with Gasteiger partial charge in [0.15, 0.2) is 0 Å². The number of amides is 2. The van der Waals surface area contributed by atoms with Crippen LogP contribution in [0.5, 0.6) is 0 Å². The minimum atomic E-state index is -0.180. The van der Waals surface area contributed by atoms with E-state index in [0.29, 0.717) is 13.1 Å². The lowest BCUT2D eigenvalue weighted by molar-refractivity contribution is -0.922. The predicted octanol–water partition coefficient (Wildman–Crippen LogP) is 1.36. The van der Waals surface area contributed by atoms with Crippen LogP contribution in [0.15, 0.2) is 0 Å². The molecule has 25 heavy (non-hydrogen) atoms. The van der Waals surface area contributed by atoms with Gasteiger partial charge in [-0.3, -0.25) is 9.59 Å². The molecule has 0 atom stereocenters. The fraction of sp³-hybridized carbons (Fsp3) is 0.895. The lowest BCUT2D eigenvalue weighted by Crippen LogP contribution is -2.52. The number of hydrogen-bond acceptors (Lipinski definition) is 2. The largest absolute Gasteiger partial charge is 0.350 e. The third-order valence-corrected chi connectivity index (χ3v) is 6.16. The summed E-state index contributed by atoms with van der Waals surface area (Å²) in [7, 11) is 0. The Balaban J connectivity index is 4.13. The Morgan fingerprint density at radius 3 is 1.12 bits per heavy atom. The van der Waals surface area contributed by atoms with Crippen molar-refractivity contribution in [2.75, 3.05) is 65.4 Å². The zero-order valence-corrected chi connectivity index (χ0v) is 17.5. The van der Waals surface area contributed by atoms with Gasteiger partial charge in [0.25, 0.3) is 0 Å². The Morgan fingerprint density at radius 1 is 0.600 bits per heavy atom. The van der Waals surface area contributed by atoms with Gasteiger partial charge >= 0.3 is 0 Å². The second-order valence-electron chi connectivity index (χ2n) is 6.90. The molecule has 6 heteroatoms. The molecule has 0 aromatic carbocycles. The number of carbonyl (C=O) groups excluding carboxylic acids is 2. The van der Waals surface area contributed by atoms with Crippen LogP contribution < -0.4 is 10.6 Å². The summed E-state index contributed by atoms with van der Waals surface area (Å²) in [5, 5.41) is 5.79. The molecule has 0 aliphatic carbocycles. The van der Waals surface area contributed by atoms with Crippen molar-refractivity contribution in [2.24, 2.45) is 0 Å². The van der Waals surface area contributed by atoms with Gasteiger partial charge < -0.3 is 19.6 Å². The maximum Gasteiger partial charge on any atom is 0.229 e. The molecule has 0 aromatic heterocycles. The Labute approximate surface area is 155 Å². The molecule has 0 aliphatic heterocycles. The Kier molecular flexibility index (Phi) is 11.7. The van der Waals surface area contributed by atoms with Crippen molar-refractivity contribution < 1.29 is 18.6 Å². The number of rotatable bonds is 14. The van der Waals surface area contributed by atoms with Crippen molar-refractivity contribution in [3.63, 3.8) is 0 Å². The van der Waals surface area contributed by atoms with Crippen molar-refractivity contribution in [1.82, 2.24) is 10.6 Å². The second-order valence-corrected chi connectivity index (χ2v) is 6.90. The fourth-order valence-corrected chi connectivity index (χ4v) is 3.43. The molecular formula is C19H42N4O2+2. The summed E-state index contributed by atoms with van der Waals surface area (Å²) in [4.78, 5) is 23.9. The quantitative estimate of drug-likeness (QED) is 0.364. The molecule has 0 aliphatic rings. The molecule has 0 unspecified atom stereocenters. The molecule has 2 N–H and O–H groups in total. The first-order valence-electron chi connectivity index (χ1n) is 10.1. The zero-order valence-electron chi connectivity index (χ0n) is 17.5. The van der Waals surface area contributed by atoms with Crippen molar-refractivity contribution >= 4 is 11.8 Å². The second kappa shape index (κ2) is 12.3. The third kappa shape index (κ3) is 8.19. The summed E-state index contributed by atoms with van der Waals surface area (Å²) in [5.41, 5.74) is 0. The predicted molar refractivity (Wildman–Crippen MR) is 104 cm³/mol. The highest BCUT2D eigenvalue weighted by Gasteiger charge is 2.22. The first-order chi connectivity index (χ1) is 11.9. The SMILES string of the molecule is CC[N+](CC)(CC)CCNC(=O)CC(=O)NCC[N+](CC)(CC)CC. The Hall–Kier alpha value is -1.14. The lowest BCUT2D eigenvalue weighted by atomic mass is 10.3. The summed E-state index contributed by atoms with van der Waals surface area (Å²) in [6.07, 6.45) is -0.0747. The number of nitrogens with zero attached hydrogens (tertiary/aromatic N) is 2. The normalized spacial score (nSPS) is 12.1. The number of quaternary nitrogens is 2. The van der Waals surface area contributed by atoms with Gasteiger partial charge in [-0.25, -0.2) is 0 Å². The van der Waals surface area contributed by atoms with E-state index in [4.69, 9.17) is 0 Å². The van der Waals surface area contributed by atoms with Crippen LogP contribution in [0.3, 0.4) is 0 Å². The van der Waals surface area contributed by atoms with E-state index in [2.05, 4.69) is 52.2 Å². The number of carbonyl (C=O) groups is 2. The summed E-state index contributed by atoms with van der Waals surface area (Å²) in [6, 6.07) is 0. The topological polar surface area (TPSA) is 58.2 Å². The van der Waals surface area contributed by atoms with Crippen LogP contribution in [0.4, 0.5) is 0 Å². The van der Waals surface area contributed by atoms with Crippen LogP contribution in [0.25, 0.3) is 0 Å². The first kappa shape index (κ1) is 23.9. The molecule has 0 saturated heterocycles. The highest BCUT2D eigenvalue weighted by Crippen LogP contribution is 2.05. The average molecular weight is 359 g/mol. The minimum Gasteiger partial charge on any atom is -0.350 e. The summed E-state index contributed by atoms with van der Waals surface area (Å²) in [6.45, 7) is 22.6. The van der Waals surface area contributed by atoms with Crippen LogP contribution in [-0.4, -0.2) is 86.2 Å². The van der Waals surface area contributed by atoms with E-state index in [-0.39, 0.29) is 18.2 Å². The Morgan fingerprint density at radius 2 is 0.880 bits per heavy atom. The van der Waals surface area contributed by atoms with Gasteiger partial charge in [-0.2, -0.15) is 0 Å². The van der Waals surface area contributed by atoms with Crippen LogP contribution in [0, 0.1) is 0 Å². The smallest absolute Gasteiger partial charge is 0.229 e. The average Bonchev–Trinajstić information content (AvgIpc) is 2.63. The summed E-state index contributed by atoms with van der Waals surface area (Å²) in [5.74, 6) is -0.359. The van der Waals surface area contributed by atoms with Gasteiger partial charge in [-0.05, 0) is 41.5 Å². The monoisotopic (exact) mass is 358 g/mol. The fourth-order valence-electron chi connectivity index (χ4n) is 3.43. The summed E-state index contributed by atoms with van der Waals surface area (Å²) < 4.78 is 2.00. The lowest BCUT2D eigenvalue weighted by Gasteiger charge is -2.36. The van der Waals surface area contributed by atoms with E-state index < -0.39 is 0 Å². The highest BCUT2D eigenvalue weighted by atomic mass is 16.2. The van der Waals surface area contributed by atoms with Crippen molar-refractivity contribution in [3.05, 3.63) is 0 Å². The molecule has 0 heterocycles. The molecule has 148 valence electrons. The molecule has 0 bridgehead atoms. The number of hydrogen-bond donors (Lipinski definition) is 2. The molecule has 0 rings (SSSR count). The van der Waals surface area contributed by atoms with Crippen LogP contribution in [-0.2, 0) is 9.59 Å². The molecule has 6 nitrogen and oxygen atoms in total. The molecular weight excluding hydrogens is 316 g/mol. The van der Waals surface area contributed by atoms with Gasteiger partial charge in [0, 0.05) is 0 Å². The maximum atomic E-state index is 12.0. The minimum absolute atomic E-state index is 0.0747. The van der Waals surface area contributed by atoms with E-state index in [9.17, 15) is 9.59 Å². The van der Waals surface area contributed by atoms with Crippen molar-refractivity contribution in [2.45, 2.75) is 48.0 Å². The van der Waals surface area contributed by atoms with Gasteiger partial charge in [0.05, 0.1) is 65.4 Å². The highest BCUT2D eigenvalue weighted by molar-refractivity contribution is 5.96. The van der Waals surface area contributed by atoms with Gasteiger partial charge in [0.1, 0.15) is 6.42 Å². The molecule has 0 saturated carbocycles. The zero-order chi connectivity index (χ0) is 19.3. The third-order valence-electron chi connectivity index (χ3n) is 6.16. The molecule has 2 amide bonds. The van der Waals surface area contributed by atoms with E-state index >= 15 is 0 Å². The number of likely N-dealkylation sites (N-methyl/N-ethyl adjacent to an activating group) is 2. The van der Waals surface area contributed by atoms with Crippen LogP contribution >= 0.6 is 0 Å². The first-order valence-corrected chi connectivity index (χ1v) is 10.1. The standard InChI is InChI=1S/C19H40N4O2/c1-7-22(8-2,9-3)15-13-20-18(24)17-19(25)21-14-16-23(10-4,11-5)12-6/h7-17H2,1-6H3/p+2. The van der Waals surface area contributed by atoms with Gasteiger partial charge in [-0.1, -0.05) is 0 Å². The number of nitrogens with one attached hydrogen (secondary N) is 2. The van der Waals surface area contributed by atoms with E-state index in [1.807, 2.05) is 0 Å². The van der Waals surface area contributed by atoms with Crippen molar-refractivity contribution in [3.8, 4) is 0 Å². The van der Waals surface area contributed by atoms with E-state index in [0.717, 1.165) is 61.3 Å². The summed E-state index contributed by atoms with van der Waals surface area (Å²) >= 11 is 0. The van der Waals surface area contributed by atoms with Crippen LogP contribution in [0.2, 0.25) is 0 Å². The van der Waals surface area contributed by atoms with Crippen molar-refractivity contribution in [1.29, 1.82) is 0 Å². The van der Waals surface area contributed by atoms with Crippen LogP contribution in [0.1, 0.15) is 48.0 Å². The Bertz CT molecular complexity index is 338.